The summed E-state index contributed by atoms with van der Waals surface area (Å²) in [7, 11) is -4.23. The Hall–Kier alpha value is -8.18. The highest BCUT2D eigenvalue weighted by molar-refractivity contribution is 7.53. The number of nitrogens with zero attached hydrogens (tertiary/aromatic N) is 1. The van der Waals surface area contributed by atoms with Crippen molar-refractivity contribution >= 4 is 49.1 Å². The van der Waals surface area contributed by atoms with Crippen molar-refractivity contribution in [2.45, 2.75) is 110 Å². The molecule has 19 heteroatoms. The molecule has 0 fully saturated rings. The number of ether oxygens (including phenoxy) is 4. The van der Waals surface area contributed by atoms with Crippen LogP contribution in [0.5, 0.6) is 0 Å². The Bertz CT molecular complexity index is 3000. The Morgan fingerprint density at radius 3 is 1.52 bits per heavy atom. The molecule has 0 aliphatic heterocycles. The van der Waals surface area contributed by atoms with E-state index in [-0.39, 0.29) is 102 Å². The molecular weight excluding hydrogens is 1080 g/mol. The van der Waals surface area contributed by atoms with Crippen molar-refractivity contribution in [3.8, 4) is 0 Å². The number of hydrogen-bond donors (Lipinski definition) is 2. The molecule has 0 spiro atoms. The van der Waals surface area contributed by atoms with Gasteiger partial charge in [-0.25, -0.2) is 9.78 Å². The lowest BCUT2D eigenvalue weighted by molar-refractivity contribution is -0.152. The summed E-state index contributed by atoms with van der Waals surface area (Å²) < 4.78 is 62.7. The number of hydrogen-bond acceptors (Lipinski definition) is 15. The van der Waals surface area contributed by atoms with Gasteiger partial charge in [0.15, 0.2) is 0 Å². The Balaban J connectivity index is 1.09. The van der Waals surface area contributed by atoms with E-state index in [0.29, 0.717) is 42.5 Å². The summed E-state index contributed by atoms with van der Waals surface area (Å²) in [5.41, 5.74) is 3.80. The fourth-order valence-electron chi connectivity index (χ4n) is 8.50. The van der Waals surface area contributed by atoms with E-state index in [9.17, 15) is 42.5 Å². The smallest absolute Gasteiger partial charge is 0.331 e. The lowest BCUT2D eigenvalue weighted by atomic mass is 9.94. The number of esters is 4. The lowest BCUT2D eigenvalue weighted by Gasteiger charge is -2.24. The molecule has 6 rings (SSSR count). The third-order valence-electron chi connectivity index (χ3n) is 13.1. The zero-order valence-corrected chi connectivity index (χ0v) is 47.2. The largest absolute Gasteiger partial charge is 0.461 e. The van der Waals surface area contributed by atoms with E-state index in [4.69, 9.17) is 28.0 Å². The number of aromatic nitrogens is 1. The summed E-state index contributed by atoms with van der Waals surface area (Å²) >= 11 is 0. The van der Waals surface area contributed by atoms with E-state index in [0.717, 1.165) is 23.4 Å². The highest BCUT2D eigenvalue weighted by atomic mass is 31.2. The minimum absolute atomic E-state index is 0.0200. The van der Waals surface area contributed by atoms with Gasteiger partial charge in [0.05, 0.1) is 36.8 Å². The van der Waals surface area contributed by atoms with E-state index in [2.05, 4.69) is 15.6 Å². The molecule has 2 N–H and O–H groups in total. The number of amides is 2. The van der Waals surface area contributed by atoms with Gasteiger partial charge in [-0.3, -0.25) is 33.3 Å². The Morgan fingerprint density at radius 1 is 0.494 bits per heavy atom. The second-order valence-corrected chi connectivity index (χ2v) is 21.8. The van der Waals surface area contributed by atoms with Crippen LogP contribution < -0.4 is 10.6 Å². The first-order valence-corrected chi connectivity index (χ1v) is 29.5. The highest BCUT2D eigenvalue weighted by Gasteiger charge is 2.35. The lowest BCUT2D eigenvalue weighted by Crippen LogP contribution is -2.42. The molecule has 0 bridgehead atoms. The van der Waals surface area contributed by atoms with E-state index >= 15 is 0 Å². The molecule has 5 aromatic carbocycles. The molecule has 1 heterocycles. The predicted molar refractivity (Wildman–Crippen MR) is 306 cm³/mol. The minimum atomic E-state index is -4.23. The third-order valence-corrected chi connectivity index (χ3v) is 15.1. The summed E-state index contributed by atoms with van der Waals surface area (Å²) in [6.45, 7) is -0.326. The van der Waals surface area contributed by atoms with E-state index < -0.39 is 73.3 Å². The Kier molecular flexibility index (Phi) is 27.5. The van der Waals surface area contributed by atoms with Gasteiger partial charge in [-0.15, -0.1) is 0 Å². The number of Topliss-reactive ketones (excluding diaryl/α,β-unsaturated/α-hetero) is 1. The van der Waals surface area contributed by atoms with Crippen LogP contribution >= 0.6 is 7.60 Å². The predicted octanol–water partition coefficient (Wildman–Crippen LogP) is 10.9. The average Bonchev–Trinajstić information content (AvgIpc) is 3.52. The van der Waals surface area contributed by atoms with Crippen molar-refractivity contribution in [1.29, 1.82) is 0 Å². The zero-order valence-electron chi connectivity index (χ0n) is 46.3. The number of carbonyl (C=O) groups is 7. The summed E-state index contributed by atoms with van der Waals surface area (Å²) in [6.07, 6.45) is 1.51. The number of nitrogens with one attached hydrogen (secondary N) is 2. The van der Waals surface area contributed by atoms with Gasteiger partial charge in [0, 0.05) is 38.4 Å². The van der Waals surface area contributed by atoms with Crippen molar-refractivity contribution in [2.24, 2.45) is 11.8 Å². The summed E-state index contributed by atoms with van der Waals surface area (Å²) in [5, 5.41) is 5.48. The molecule has 0 radical (unpaired) electrons. The second kappa shape index (κ2) is 35.6. The number of ketones is 1. The van der Waals surface area contributed by atoms with Crippen LogP contribution in [0.15, 0.2) is 170 Å². The van der Waals surface area contributed by atoms with Crippen molar-refractivity contribution in [2.75, 3.05) is 19.3 Å². The molecule has 17 nitrogen and oxygen atoms in total. The van der Waals surface area contributed by atoms with Crippen LogP contribution in [0.3, 0.4) is 0 Å². The summed E-state index contributed by atoms with van der Waals surface area (Å²) in [5.74, 6) is -6.82. The number of carbonyl (C=O) groups excluding carboxylic acids is 7. The highest BCUT2D eigenvalue weighted by Crippen LogP contribution is 2.51. The van der Waals surface area contributed by atoms with Crippen LogP contribution in [0.1, 0.15) is 109 Å². The number of rotatable bonds is 37. The molecule has 1 aromatic heterocycles. The second-order valence-electron chi connectivity index (χ2n) is 19.7. The van der Waals surface area contributed by atoms with Gasteiger partial charge in [0.2, 0.25) is 11.9 Å². The molecule has 0 saturated heterocycles. The van der Waals surface area contributed by atoms with Crippen LogP contribution in [0, 0.1) is 17.8 Å². The molecule has 2 amide bonds. The van der Waals surface area contributed by atoms with Crippen LogP contribution in [-0.2, 0) is 94.4 Å². The molecule has 1 unspecified atom stereocenters. The zero-order chi connectivity index (χ0) is 58.9. The summed E-state index contributed by atoms with van der Waals surface area (Å²) in [4.78, 5) is 97.4. The normalized spacial score (nSPS) is 12.8. The van der Waals surface area contributed by atoms with Gasteiger partial charge in [-0.1, -0.05) is 158 Å². The van der Waals surface area contributed by atoms with Crippen LogP contribution in [0.2, 0.25) is 0 Å². The van der Waals surface area contributed by atoms with Gasteiger partial charge < -0.3 is 38.6 Å². The maximum atomic E-state index is 14.9. The Labute approximate surface area is 483 Å². The van der Waals surface area contributed by atoms with Gasteiger partial charge in [0.1, 0.15) is 38.3 Å². The molecular formula is C64H71FN3O14P. The number of unbranched alkanes of at least 4 members (excludes halogenated alkanes) is 2. The standard InChI is InChI=1S/C64H71FN3O14P/c65-58-35-32-54(41-67-58)61(72)66-38-18-6-17-30-56(69)40-53(62(73)78-43-49-22-9-2-10-23-49)33-36-59(70)68-57(64(75)80-45-51-26-13-4-14-27-51)31-19-39-81-83(76,82-46-52-28-15-5-16-29-52)47-55(63(74)79-44-50-24-11-3-12-25-50)34-37-60(71)77-42-48-20-7-1-8-21-48/h1-5,7-16,20-29,32,35,41,53,55,57H,6,17-19,30-31,33-34,36-40,42-47H2,(H,66,72)(H,68,70)/t53-,55-,57+,83?/m1/s1/i65-1. The molecule has 0 saturated carbocycles. The van der Waals surface area contributed by atoms with Gasteiger partial charge in [-0.05, 0) is 78.5 Å². The van der Waals surface area contributed by atoms with Crippen molar-refractivity contribution in [3.63, 3.8) is 0 Å². The van der Waals surface area contributed by atoms with Crippen molar-refractivity contribution < 1.29 is 70.5 Å². The molecule has 6 aromatic rings. The fourth-order valence-corrected chi connectivity index (χ4v) is 10.4. The summed E-state index contributed by atoms with van der Waals surface area (Å²) in [6, 6.07) is 46.1. The molecule has 4 atom stereocenters. The van der Waals surface area contributed by atoms with Gasteiger partial charge in [0.25, 0.3) is 5.91 Å². The van der Waals surface area contributed by atoms with Crippen LogP contribution in [-0.4, -0.2) is 71.8 Å². The fraction of sp³-hybridized carbons (Fsp3) is 0.344. The molecule has 0 aliphatic rings. The first kappa shape index (κ1) is 64.0. The van der Waals surface area contributed by atoms with Crippen molar-refractivity contribution in [3.05, 3.63) is 209 Å². The quantitative estimate of drug-likeness (QED) is 0.0121. The molecule has 438 valence electrons. The van der Waals surface area contributed by atoms with E-state index in [1.165, 1.54) is 6.07 Å². The SMILES string of the molecule is O=C(CCCCCNC(=O)c1ccc([18F])nc1)C[C@@H](CCC(=O)N[C@@H](CCCOP(=O)(C[C@@H](CCC(=O)OCc1ccccc1)C(=O)OCc1ccccc1)OCc1ccccc1)C(=O)OCc1ccccc1)C(=O)OCc1ccccc1. The number of benzene rings is 5. The number of pyridine rings is 1. The number of halogens is 1. The van der Waals surface area contributed by atoms with E-state index in [1.807, 2.05) is 54.6 Å². The topological polar surface area (TPSA) is 229 Å². The maximum Gasteiger partial charge on any atom is 0.331 e. The van der Waals surface area contributed by atoms with Gasteiger partial charge in [-0.2, -0.15) is 4.39 Å². The monoisotopic (exact) mass is 1150 g/mol. The first-order valence-electron chi connectivity index (χ1n) is 27.7. The average molecular weight is 1160 g/mol. The minimum Gasteiger partial charge on any atom is -0.461 e. The molecule has 0 aliphatic carbocycles. The van der Waals surface area contributed by atoms with Gasteiger partial charge >= 0.3 is 31.5 Å². The Morgan fingerprint density at radius 2 is 0.988 bits per heavy atom. The third kappa shape index (κ3) is 24.8. The first-order chi connectivity index (χ1) is 40.3. The maximum absolute atomic E-state index is 14.9. The molecule has 83 heavy (non-hydrogen) atoms. The van der Waals surface area contributed by atoms with Crippen molar-refractivity contribution in [1.82, 2.24) is 15.6 Å². The van der Waals surface area contributed by atoms with Crippen LogP contribution in [0.4, 0.5) is 4.39 Å². The van der Waals surface area contributed by atoms with E-state index in [1.54, 1.807) is 97.1 Å². The van der Waals surface area contributed by atoms with Crippen LogP contribution in [0.25, 0.3) is 0 Å².